The third-order valence-corrected chi connectivity index (χ3v) is 7.86. The fourth-order valence-corrected chi connectivity index (χ4v) is 6.07. The number of hydrogen-bond donors (Lipinski definition) is 1. The van der Waals surface area contributed by atoms with Crippen molar-refractivity contribution < 1.29 is 14.3 Å². The highest BCUT2D eigenvalue weighted by atomic mass is 16.5. The number of nitrogens with one attached hydrogen (secondary N) is 1. The lowest BCUT2D eigenvalue weighted by Crippen LogP contribution is -2.56. The Morgan fingerprint density at radius 3 is 2.64 bits per heavy atom. The van der Waals surface area contributed by atoms with Crippen molar-refractivity contribution in [2.45, 2.75) is 56.9 Å². The molecule has 0 radical (unpaired) electrons. The van der Waals surface area contributed by atoms with E-state index in [-0.39, 0.29) is 23.3 Å². The summed E-state index contributed by atoms with van der Waals surface area (Å²) in [6.45, 7) is 4.88. The predicted octanol–water partition coefficient (Wildman–Crippen LogP) is 4.56. The van der Waals surface area contributed by atoms with Crippen LogP contribution >= 0.6 is 0 Å². The number of hydrogen-bond acceptors (Lipinski definition) is 4. The molecule has 0 aromatic heterocycles. The van der Waals surface area contributed by atoms with Crippen molar-refractivity contribution in [2.24, 2.45) is 11.8 Å². The zero-order chi connectivity index (χ0) is 22.8. The van der Waals surface area contributed by atoms with Crippen LogP contribution in [0, 0.1) is 11.8 Å². The quantitative estimate of drug-likeness (QED) is 0.522. The van der Waals surface area contributed by atoms with Crippen LogP contribution in [-0.2, 0) is 10.2 Å². The topological polar surface area (TPSA) is 58.6 Å². The van der Waals surface area contributed by atoms with Crippen molar-refractivity contribution in [1.82, 2.24) is 10.2 Å². The van der Waals surface area contributed by atoms with E-state index in [9.17, 15) is 9.59 Å². The number of piperidine rings is 1. The molecular weight excluding hydrogens is 412 g/mol. The van der Waals surface area contributed by atoms with Gasteiger partial charge in [0.1, 0.15) is 5.75 Å². The van der Waals surface area contributed by atoms with Gasteiger partial charge in [0.05, 0.1) is 0 Å². The molecule has 1 saturated heterocycles. The van der Waals surface area contributed by atoms with E-state index in [4.69, 9.17) is 4.74 Å². The Morgan fingerprint density at radius 1 is 1.06 bits per heavy atom. The first-order valence-electron chi connectivity index (χ1n) is 12.4. The van der Waals surface area contributed by atoms with Crippen LogP contribution in [0.1, 0.15) is 61.4 Å². The molecule has 1 N–H and O–H groups in total. The van der Waals surface area contributed by atoms with Gasteiger partial charge in [0, 0.05) is 37.0 Å². The lowest BCUT2D eigenvalue weighted by atomic mass is 9.58. The fourth-order valence-electron chi connectivity index (χ4n) is 6.07. The average molecular weight is 447 g/mol. The number of fused-ring (bicyclic) bond motifs is 1. The van der Waals surface area contributed by atoms with Crippen molar-refractivity contribution in [3.8, 4) is 5.75 Å². The Morgan fingerprint density at radius 2 is 1.88 bits per heavy atom. The molecule has 3 atom stereocenters. The summed E-state index contributed by atoms with van der Waals surface area (Å²) in [4.78, 5) is 27.1. The van der Waals surface area contributed by atoms with Gasteiger partial charge in [0.15, 0.2) is 0 Å². The van der Waals surface area contributed by atoms with Gasteiger partial charge in [-0.3, -0.25) is 9.59 Å². The Kier molecular flexibility index (Phi) is 6.24. The molecular formula is C28H34N2O3. The molecule has 0 bridgehead atoms. The Bertz CT molecular complexity index is 1000. The molecule has 2 unspecified atom stereocenters. The standard InChI is InChI=1S/C28H34N2O3/c1-20(31)33-26-9-5-8-23(16-26)28-14-15-30(18-21-10-11-21)19-24(28)12-13-25(17-28)29-27(32)22-6-3-2-4-7-22/h2-9,16,21,24-25H,10-15,17-19H2,1H3,(H,29,32)/t24?,25-,28?/m0/s1. The number of ether oxygens (including phenoxy) is 1. The van der Waals surface area contributed by atoms with Gasteiger partial charge >= 0.3 is 5.97 Å². The number of nitrogens with zero attached hydrogens (tertiary/aromatic N) is 1. The summed E-state index contributed by atoms with van der Waals surface area (Å²) in [6, 6.07) is 17.7. The van der Waals surface area contributed by atoms with E-state index in [0.717, 1.165) is 44.7 Å². The summed E-state index contributed by atoms with van der Waals surface area (Å²) < 4.78 is 5.43. The van der Waals surface area contributed by atoms with Crippen LogP contribution in [0.5, 0.6) is 5.75 Å². The number of likely N-dealkylation sites (tertiary alicyclic amines) is 1. The maximum absolute atomic E-state index is 12.9. The van der Waals surface area contributed by atoms with Gasteiger partial charge in [-0.05, 0) is 86.7 Å². The zero-order valence-electron chi connectivity index (χ0n) is 19.5. The number of rotatable bonds is 6. The molecule has 2 aromatic rings. The Balaban J connectivity index is 1.39. The number of carbonyl (C=O) groups is 2. The molecule has 174 valence electrons. The fraction of sp³-hybridized carbons (Fsp3) is 0.500. The average Bonchev–Trinajstić information content (AvgIpc) is 3.63. The maximum atomic E-state index is 12.9. The van der Waals surface area contributed by atoms with Gasteiger partial charge in [-0.2, -0.15) is 0 Å². The lowest BCUT2D eigenvalue weighted by Gasteiger charge is -2.53. The highest BCUT2D eigenvalue weighted by Crippen LogP contribution is 2.50. The third kappa shape index (κ3) is 4.98. The summed E-state index contributed by atoms with van der Waals surface area (Å²) in [5.74, 6) is 1.77. The largest absolute Gasteiger partial charge is 0.427 e. The molecule has 2 aromatic carbocycles. The lowest BCUT2D eigenvalue weighted by molar-refractivity contribution is -0.131. The Hall–Kier alpha value is -2.66. The molecule has 3 fully saturated rings. The summed E-state index contributed by atoms with van der Waals surface area (Å²) in [7, 11) is 0. The van der Waals surface area contributed by atoms with Gasteiger partial charge < -0.3 is 15.0 Å². The molecule has 5 rings (SSSR count). The van der Waals surface area contributed by atoms with Gasteiger partial charge in [0.2, 0.25) is 0 Å². The molecule has 0 spiro atoms. The van der Waals surface area contributed by atoms with Crippen LogP contribution < -0.4 is 10.1 Å². The minimum Gasteiger partial charge on any atom is -0.427 e. The zero-order valence-corrected chi connectivity index (χ0v) is 19.5. The van der Waals surface area contributed by atoms with Gasteiger partial charge in [0.25, 0.3) is 5.91 Å². The van der Waals surface area contributed by atoms with Gasteiger partial charge in [-0.15, -0.1) is 0 Å². The summed E-state index contributed by atoms with van der Waals surface area (Å²) in [6.07, 6.45) is 6.86. The smallest absolute Gasteiger partial charge is 0.308 e. The van der Waals surface area contributed by atoms with E-state index < -0.39 is 0 Å². The molecule has 1 aliphatic heterocycles. The minimum atomic E-state index is -0.294. The first kappa shape index (κ1) is 22.1. The van der Waals surface area contributed by atoms with Crippen molar-refractivity contribution in [3.05, 3.63) is 65.7 Å². The van der Waals surface area contributed by atoms with E-state index in [1.807, 2.05) is 42.5 Å². The molecule has 1 heterocycles. The third-order valence-electron chi connectivity index (χ3n) is 7.86. The van der Waals surface area contributed by atoms with Crippen LogP contribution in [0.2, 0.25) is 0 Å². The van der Waals surface area contributed by atoms with E-state index in [1.165, 1.54) is 31.9 Å². The number of amides is 1. The number of carbonyl (C=O) groups excluding carboxylic acids is 2. The normalized spacial score (nSPS) is 27.4. The van der Waals surface area contributed by atoms with Gasteiger partial charge in [-0.25, -0.2) is 0 Å². The first-order valence-corrected chi connectivity index (χ1v) is 12.4. The van der Waals surface area contributed by atoms with Crippen LogP contribution in [0.3, 0.4) is 0 Å². The first-order chi connectivity index (χ1) is 16.0. The number of benzene rings is 2. The van der Waals surface area contributed by atoms with Gasteiger partial charge in [-0.1, -0.05) is 30.3 Å². The van der Waals surface area contributed by atoms with E-state index in [0.29, 0.717) is 17.2 Å². The molecule has 2 aliphatic carbocycles. The molecule has 5 nitrogen and oxygen atoms in total. The second kappa shape index (κ2) is 9.30. The number of esters is 1. The van der Waals surface area contributed by atoms with E-state index >= 15 is 0 Å². The predicted molar refractivity (Wildman–Crippen MR) is 128 cm³/mol. The van der Waals surface area contributed by atoms with Crippen molar-refractivity contribution in [3.63, 3.8) is 0 Å². The minimum absolute atomic E-state index is 0.00836. The SMILES string of the molecule is CC(=O)Oc1cccc(C23CCN(CC4CC4)CC2CC[C@H](NC(=O)c2ccccc2)C3)c1. The molecule has 3 aliphatic rings. The second-order valence-corrected chi connectivity index (χ2v) is 10.2. The van der Waals surface area contributed by atoms with Crippen LogP contribution in [0.4, 0.5) is 0 Å². The van der Waals surface area contributed by atoms with Crippen LogP contribution in [0.15, 0.2) is 54.6 Å². The van der Waals surface area contributed by atoms with Crippen LogP contribution in [-0.4, -0.2) is 42.5 Å². The second-order valence-electron chi connectivity index (χ2n) is 10.2. The Labute approximate surface area is 196 Å². The highest BCUT2D eigenvalue weighted by Gasteiger charge is 2.48. The van der Waals surface area contributed by atoms with E-state index in [2.05, 4.69) is 22.3 Å². The molecule has 2 saturated carbocycles. The van der Waals surface area contributed by atoms with E-state index in [1.54, 1.807) is 0 Å². The molecule has 1 amide bonds. The molecule has 5 heteroatoms. The maximum Gasteiger partial charge on any atom is 0.308 e. The summed E-state index contributed by atoms with van der Waals surface area (Å²) in [5, 5.41) is 3.33. The highest BCUT2D eigenvalue weighted by molar-refractivity contribution is 5.94. The van der Waals surface area contributed by atoms with Crippen molar-refractivity contribution in [1.29, 1.82) is 0 Å². The summed E-state index contributed by atoms with van der Waals surface area (Å²) in [5.41, 5.74) is 1.95. The monoisotopic (exact) mass is 446 g/mol. The van der Waals surface area contributed by atoms with Crippen molar-refractivity contribution in [2.75, 3.05) is 19.6 Å². The van der Waals surface area contributed by atoms with Crippen molar-refractivity contribution >= 4 is 11.9 Å². The summed E-state index contributed by atoms with van der Waals surface area (Å²) >= 11 is 0. The molecule has 33 heavy (non-hydrogen) atoms. The van der Waals surface area contributed by atoms with Crippen LogP contribution in [0.25, 0.3) is 0 Å².